The number of hydrogen-bond donors (Lipinski definition) is 9. The van der Waals surface area contributed by atoms with Gasteiger partial charge in [0.2, 0.25) is 5.91 Å². The van der Waals surface area contributed by atoms with Crippen LogP contribution in [0.15, 0.2) is 0 Å². The Morgan fingerprint density at radius 3 is 2.26 bits per heavy atom. The molecule has 35 heavy (non-hydrogen) atoms. The number of aliphatic hydroxyl groups is 6. The molecule has 2 rings (SSSR count). The van der Waals surface area contributed by atoms with E-state index in [1.165, 1.54) is 21.0 Å². The van der Waals surface area contributed by atoms with E-state index in [9.17, 15) is 35.4 Å². The van der Waals surface area contributed by atoms with Gasteiger partial charge in [-0.15, -0.1) is 0 Å². The molecule has 1 aliphatic heterocycles. The highest BCUT2D eigenvalue weighted by molar-refractivity contribution is 5.73. The third kappa shape index (κ3) is 7.06. The molecule has 0 bridgehead atoms. The average Bonchev–Trinajstić information content (AvgIpc) is 2.79. The highest BCUT2D eigenvalue weighted by atomic mass is 16.7. The smallest absolute Gasteiger partial charge is 0.217 e. The second-order valence-electron chi connectivity index (χ2n) is 9.23. The quantitative estimate of drug-likeness (QED) is 0.126. The van der Waals surface area contributed by atoms with E-state index in [1.54, 1.807) is 6.92 Å². The van der Waals surface area contributed by atoms with Crippen LogP contribution in [0.5, 0.6) is 0 Å². The summed E-state index contributed by atoms with van der Waals surface area (Å²) in [4.78, 5) is 11.6. The fraction of sp³-hybridized carbons (Fsp3) is 0.952. The second kappa shape index (κ2) is 13.0. The Labute approximate surface area is 204 Å². The summed E-state index contributed by atoms with van der Waals surface area (Å²) in [7, 11) is 1.36. The minimum atomic E-state index is -1.83. The van der Waals surface area contributed by atoms with Crippen LogP contribution in [-0.2, 0) is 23.7 Å². The number of carbonyl (C=O) groups excluding carboxylic acids is 1. The van der Waals surface area contributed by atoms with Crippen LogP contribution in [0.2, 0.25) is 0 Å². The fourth-order valence-corrected chi connectivity index (χ4v) is 4.53. The fourth-order valence-electron chi connectivity index (χ4n) is 4.53. The lowest BCUT2D eigenvalue weighted by atomic mass is 9.83. The molecule has 1 saturated carbocycles. The summed E-state index contributed by atoms with van der Waals surface area (Å²) in [5.41, 5.74) is 12.3. The zero-order valence-electron chi connectivity index (χ0n) is 20.4. The molecule has 1 saturated heterocycles. The van der Waals surface area contributed by atoms with E-state index in [-0.39, 0.29) is 6.42 Å². The van der Waals surface area contributed by atoms with Crippen molar-refractivity contribution in [3.63, 3.8) is 0 Å². The van der Waals surface area contributed by atoms with Gasteiger partial charge >= 0.3 is 0 Å². The number of carbonyl (C=O) groups is 1. The number of nitrogens with one attached hydrogen (secondary N) is 1. The molecule has 2 aliphatic rings. The van der Waals surface area contributed by atoms with Gasteiger partial charge in [0.25, 0.3) is 0 Å². The summed E-state index contributed by atoms with van der Waals surface area (Å²) in [5, 5.41) is 64.9. The van der Waals surface area contributed by atoms with E-state index < -0.39 is 91.5 Å². The Morgan fingerprint density at radius 2 is 1.74 bits per heavy atom. The Bertz CT molecular complexity index is 670. The van der Waals surface area contributed by atoms with Crippen LogP contribution in [0, 0.1) is 0 Å². The first-order valence-electron chi connectivity index (χ1n) is 11.7. The largest absolute Gasteiger partial charge is 0.391 e. The van der Waals surface area contributed by atoms with Crippen LogP contribution in [0.4, 0.5) is 0 Å². The summed E-state index contributed by atoms with van der Waals surface area (Å²) in [6, 6.07) is -3.01. The van der Waals surface area contributed by atoms with E-state index in [4.69, 9.17) is 30.4 Å². The molecular formula is C21H41N3O11. The number of ether oxygens (including phenoxy) is 4. The van der Waals surface area contributed by atoms with Gasteiger partial charge in [0.05, 0.1) is 24.3 Å². The molecule has 14 atom stereocenters. The molecule has 0 spiro atoms. The number of aliphatic hydroxyl groups excluding tert-OH is 6. The van der Waals surface area contributed by atoms with Crippen LogP contribution < -0.4 is 16.8 Å². The highest BCUT2D eigenvalue weighted by Gasteiger charge is 2.51. The molecule has 0 aromatic rings. The second-order valence-corrected chi connectivity index (χ2v) is 9.23. The minimum absolute atomic E-state index is 0.0482. The number of rotatable bonds is 10. The SMILES string of the molecule is CCC(OC)C(O)C(O)OC1C(O)C(NC(C)=O)CC(N)C1OC1OC([C@@H](C)O)C(O)C(O)C1N. The molecular weight excluding hydrogens is 470 g/mol. The predicted molar refractivity (Wildman–Crippen MR) is 119 cm³/mol. The van der Waals surface area contributed by atoms with Crippen molar-refractivity contribution < 1.29 is 54.4 Å². The van der Waals surface area contributed by atoms with Gasteiger partial charge in [-0.25, -0.2) is 0 Å². The third-order valence-electron chi connectivity index (χ3n) is 6.54. The molecule has 14 heteroatoms. The number of methoxy groups -OCH3 is 1. The van der Waals surface area contributed by atoms with Crippen molar-refractivity contribution in [1.29, 1.82) is 0 Å². The first kappa shape index (κ1) is 30.2. The molecule has 206 valence electrons. The molecule has 2 fully saturated rings. The van der Waals surface area contributed by atoms with Gasteiger partial charge in [-0.3, -0.25) is 4.79 Å². The lowest BCUT2D eigenvalue weighted by molar-refractivity contribution is -0.317. The molecule has 11 N–H and O–H groups in total. The zero-order chi connectivity index (χ0) is 26.6. The summed E-state index contributed by atoms with van der Waals surface area (Å²) < 4.78 is 22.2. The highest BCUT2D eigenvalue weighted by Crippen LogP contribution is 2.31. The minimum Gasteiger partial charge on any atom is -0.391 e. The van der Waals surface area contributed by atoms with Gasteiger partial charge in [0.1, 0.15) is 42.7 Å². The van der Waals surface area contributed by atoms with E-state index >= 15 is 0 Å². The van der Waals surface area contributed by atoms with E-state index in [1.807, 2.05) is 0 Å². The molecule has 0 aromatic heterocycles. The average molecular weight is 512 g/mol. The third-order valence-corrected chi connectivity index (χ3v) is 6.54. The predicted octanol–water partition coefficient (Wildman–Crippen LogP) is -4.39. The first-order chi connectivity index (χ1) is 16.3. The van der Waals surface area contributed by atoms with Crippen molar-refractivity contribution in [1.82, 2.24) is 5.32 Å². The van der Waals surface area contributed by atoms with Crippen molar-refractivity contribution in [3.8, 4) is 0 Å². The Kier molecular flexibility index (Phi) is 11.2. The van der Waals surface area contributed by atoms with Crippen LogP contribution in [0.3, 0.4) is 0 Å². The van der Waals surface area contributed by atoms with Crippen LogP contribution >= 0.6 is 0 Å². The molecule has 1 heterocycles. The Balaban J connectivity index is 2.30. The lowest BCUT2D eigenvalue weighted by Gasteiger charge is -2.48. The van der Waals surface area contributed by atoms with Crippen LogP contribution in [-0.4, -0.2) is 129 Å². The maximum Gasteiger partial charge on any atom is 0.217 e. The van der Waals surface area contributed by atoms with Crippen molar-refractivity contribution in [2.75, 3.05) is 7.11 Å². The van der Waals surface area contributed by atoms with E-state index in [0.29, 0.717) is 6.42 Å². The van der Waals surface area contributed by atoms with Gasteiger partial charge in [0.15, 0.2) is 12.6 Å². The number of amides is 1. The molecule has 1 aliphatic carbocycles. The number of nitrogens with two attached hydrogens (primary N) is 2. The summed E-state index contributed by atoms with van der Waals surface area (Å²) in [5.74, 6) is -0.431. The van der Waals surface area contributed by atoms with Gasteiger partial charge < -0.3 is 66.4 Å². The Morgan fingerprint density at radius 1 is 1.11 bits per heavy atom. The summed E-state index contributed by atoms with van der Waals surface area (Å²) in [6.07, 6.45) is -14.5. The maximum absolute atomic E-state index is 11.6. The van der Waals surface area contributed by atoms with Gasteiger partial charge in [-0.1, -0.05) is 6.92 Å². The molecule has 1 amide bonds. The van der Waals surface area contributed by atoms with E-state index in [0.717, 1.165) is 0 Å². The van der Waals surface area contributed by atoms with Gasteiger partial charge in [-0.2, -0.15) is 0 Å². The van der Waals surface area contributed by atoms with Gasteiger partial charge in [0, 0.05) is 20.1 Å². The normalized spacial score (nSPS) is 41.6. The molecule has 0 radical (unpaired) electrons. The summed E-state index contributed by atoms with van der Waals surface area (Å²) >= 11 is 0. The van der Waals surface area contributed by atoms with Crippen LogP contribution in [0.25, 0.3) is 0 Å². The first-order valence-corrected chi connectivity index (χ1v) is 11.7. The van der Waals surface area contributed by atoms with Gasteiger partial charge in [-0.05, 0) is 19.8 Å². The topological polar surface area (TPSA) is 239 Å². The van der Waals surface area contributed by atoms with Crippen LogP contribution in [0.1, 0.15) is 33.6 Å². The number of hydrogen-bond acceptors (Lipinski definition) is 13. The summed E-state index contributed by atoms with van der Waals surface area (Å²) in [6.45, 7) is 4.35. The zero-order valence-corrected chi connectivity index (χ0v) is 20.4. The van der Waals surface area contributed by atoms with Crippen molar-refractivity contribution in [2.45, 2.75) is 119 Å². The Hall–Kier alpha value is -1.01. The molecule has 0 aromatic carbocycles. The maximum atomic E-state index is 11.6. The molecule has 13 unspecified atom stereocenters. The van der Waals surface area contributed by atoms with Crippen molar-refractivity contribution >= 4 is 5.91 Å². The standard InChI is InChI=1S/C21H41N3O11/c1-5-11(32-4)14(28)20(31)33-19-13(27)10(24-8(3)26)6-9(22)18(19)35-21-12(23)15(29)16(30)17(34-21)7(2)25/h7,9-21,25,27-31H,5-6,22-23H2,1-4H3,(H,24,26)/t7-,9?,10?,11?,12?,13?,14?,15?,16?,17?,18?,19?,20?,21?/m1/s1. The van der Waals surface area contributed by atoms with E-state index in [2.05, 4.69) is 5.32 Å². The molecule has 14 nitrogen and oxygen atoms in total. The lowest BCUT2D eigenvalue weighted by Crippen LogP contribution is -2.69. The monoisotopic (exact) mass is 511 g/mol. The van der Waals surface area contributed by atoms with Crippen molar-refractivity contribution in [3.05, 3.63) is 0 Å². The van der Waals surface area contributed by atoms with Crippen molar-refractivity contribution in [2.24, 2.45) is 11.5 Å².